The molecule has 2 amide bonds. The average Bonchev–Trinajstić information content (AvgIpc) is 2.79. The van der Waals surface area contributed by atoms with Gasteiger partial charge in [0.15, 0.2) is 0 Å². The molecule has 0 saturated carbocycles. The van der Waals surface area contributed by atoms with Gasteiger partial charge in [0.1, 0.15) is 5.69 Å². The second-order valence-corrected chi connectivity index (χ2v) is 8.31. The van der Waals surface area contributed by atoms with Gasteiger partial charge in [0, 0.05) is 57.8 Å². The molecule has 2 saturated heterocycles. The highest BCUT2D eigenvalue weighted by molar-refractivity contribution is 5.80. The highest BCUT2D eigenvalue weighted by Gasteiger charge is 2.32. The number of para-hydroxylation sites is 2. The number of nitrogens with zero attached hydrogens (tertiary/aromatic N) is 4. The van der Waals surface area contributed by atoms with E-state index in [1.54, 1.807) is 12.1 Å². The van der Waals surface area contributed by atoms with Crippen LogP contribution in [0.3, 0.4) is 0 Å². The molecule has 0 atom stereocenters. The van der Waals surface area contributed by atoms with E-state index in [0.29, 0.717) is 64.3 Å². The van der Waals surface area contributed by atoms with Gasteiger partial charge in [-0.2, -0.15) is 0 Å². The van der Waals surface area contributed by atoms with Crippen LogP contribution in [0.15, 0.2) is 24.3 Å². The number of nitro groups is 1. The fourth-order valence-electron chi connectivity index (χ4n) is 4.30. The van der Waals surface area contributed by atoms with E-state index in [1.807, 2.05) is 15.9 Å². The van der Waals surface area contributed by atoms with Gasteiger partial charge in [0.25, 0.3) is 5.69 Å². The van der Waals surface area contributed by atoms with Crippen LogP contribution >= 0.6 is 0 Å². The van der Waals surface area contributed by atoms with E-state index in [0.717, 1.165) is 19.4 Å². The first-order chi connectivity index (χ1) is 15.0. The molecule has 2 aliphatic heterocycles. The molecule has 31 heavy (non-hydrogen) atoms. The summed E-state index contributed by atoms with van der Waals surface area (Å²) in [4.78, 5) is 41.9. The molecule has 0 aliphatic carbocycles. The normalized spacial score (nSPS) is 18.1. The van der Waals surface area contributed by atoms with Crippen molar-refractivity contribution >= 4 is 23.2 Å². The van der Waals surface area contributed by atoms with E-state index in [2.05, 4.69) is 17.1 Å². The third kappa shape index (κ3) is 6.16. The number of piperazine rings is 1. The van der Waals surface area contributed by atoms with Crippen LogP contribution in [-0.2, 0) is 9.59 Å². The minimum absolute atomic E-state index is 0.0390. The smallest absolute Gasteiger partial charge is 0.292 e. The van der Waals surface area contributed by atoms with Crippen LogP contribution in [0, 0.1) is 16.0 Å². The number of unbranched alkanes of at least 4 members (excludes halogenated alkanes) is 1. The van der Waals surface area contributed by atoms with Crippen LogP contribution in [0.1, 0.15) is 32.6 Å². The Hall–Kier alpha value is -2.68. The van der Waals surface area contributed by atoms with Gasteiger partial charge < -0.3 is 15.1 Å². The van der Waals surface area contributed by atoms with Crippen LogP contribution in [0.4, 0.5) is 11.4 Å². The maximum Gasteiger partial charge on any atom is 0.292 e. The molecule has 2 fully saturated rings. The Bertz CT molecular complexity index is 771. The Morgan fingerprint density at radius 1 is 1.10 bits per heavy atom. The fraction of sp³-hybridized carbons (Fsp3) is 0.636. The lowest BCUT2D eigenvalue weighted by Gasteiger charge is -2.38. The van der Waals surface area contributed by atoms with Crippen molar-refractivity contribution in [3.05, 3.63) is 34.4 Å². The molecule has 9 nitrogen and oxygen atoms in total. The Balaban J connectivity index is 1.44. The number of nitrogens with one attached hydrogen (secondary N) is 1. The summed E-state index contributed by atoms with van der Waals surface area (Å²) in [7, 11) is 0. The summed E-state index contributed by atoms with van der Waals surface area (Å²) in [6.45, 7) is 7.19. The Morgan fingerprint density at radius 3 is 2.42 bits per heavy atom. The number of rotatable bonds is 8. The zero-order valence-electron chi connectivity index (χ0n) is 18.3. The van der Waals surface area contributed by atoms with Gasteiger partial charge in [-0.1, -0.05) is 25.5 Å². The molecule has 0 unspecified atom stereocenters. The van der Waals surface area contributed by atoms with E-state index in [9.17, 15) is 19.7 Å². The van der Waals surface area contributed by atoms with Crippen molar-refractivity contribution in [2.75, 3.05) is 57.3 Å². The highest BCUT2D eigenvalue weighted by atomic mass is 16.6. The molecule has 170 valence electrons. The Kier molecular flexibility index (Phi) is 8.22. The summed E-state index contributed by atoms with van der Waals surface area (Å²) >= 11 is 0. The van der Waals surface area contributed by atoms with E-state index in [4.69, 9.17) is 0 Å². The average molecular weight is 432 g/mol. The number of hydrogen-bond acceptors (Lipinski definition) is 6. The van der Waals surface area contributed by atoms with Crippen molar-refractivity contribution in [3.8, 4) is 0 Å². The third-order valence-electron chi connectivity index (χ3n) is 6.17. The first-order valence-corrected chi connectivity index (χ1v) is 11.3. The first kappa shape index (κ1) is 23.0. The second-order valence-electron chi connectivity index (χ2n) is 8.31. The lowest BCUT2D eigenvalue weighted by Crippen LogP contribution is -2.53. The maximum absolute atomic E-state index is 13.0. The van der Waals surface area contributed by atoms with Gasteiger partial charge in [-0.15, -0.1) is 0 Å². The highest BCUT2D eigenvalue weighted by Crippen LogP contribution is 2.31. The molecule has 0 bridgehead atoms. The fourth-order valence-corrected chi connectivity index (χ4v) is 4.30. The molecular formula is C22H33N5O4. The van der Waals surface area contributed by atoms with E-state index in [1.165, 1.54) is 6.07 Å². The summed E-state index contributed by atoms with van der Waals surface area (Å²) < 4.78 is 0. The number of nitro benzene ring substituents is 1. The molecule has 2 heterocycles. The molecule has 0 aromatic heterocycles. The number of carbonyl (C=O) groups excluding carboxylic acids is 2. The first-order valence-electron chi connectivity index (χ1n) is 11.3. The zero-order chi connectivity index (χ0) is 22.2. The standard InChI is InChI=1S/C22H33N5O4/c1-2-3-10-23-21(28)17-24-13-15-26(16-14-24)22(29)18-8-11-25(12-9-18)19-6-4-5-7-20(19)27(30)31/h4-7,18H,2-3,8-17H2,1H3,(H,23,28). The lowest BCUT2D eigenvalue weighted by molar-refractivity contribution is -0.384. The van der Waals surface area contributed by atoms with Crippen molar-refractivity contribution in [2.45, 2.75) is 32.6 Å². The van der Waals surface area contributed by atoms with Gasteiger partial charge in [-0.25, -0.2) is 0 Å². The van der Waals surface area contributed by atoms with Crippen LogP contribution in [0.5, 0.6) is 0 Å². The largest absolute Gasteiger partial charge is 0.366 e. The predicted molar refractivity (Wildman–Crippen MR) is 119 cm³/mol. The number of benzene rings is 1. The topological polar surface area (TPSA) is 99.0 Å². The second kappa shape index (κ2) is 11.1. The van der Waals surface area contributed by atoms with Gasteiger partial charge >= 0.3 is 0 Å². The zero-order valence-corrected chi connectivity index (χ0v) is 18.3. The summed E-state index contributed by atoms with van der Waals surface area (Å²) in [5.41, 5.74) is 0.742. The minimum atomic E-state index is -0.351. The predicted octanol–water partition coefficient (Wildman–Crippen LogP) is 1.87. The molecular weight excluding hydrogens is 398 g/mol. The summed E-state index contributed by atoms with van der Waals surface area (Å²) in [6.07, 6.45) is 3.45. The molecule has 1 aromatic carbocycles. The van der Waals surface area contributed by atoms with E-state index in [-0.39, 0.29) is 28.3 Å². The molecule has 9 heteroatoms. The SMILES string of the molecule is CCCCNC(=O)CN1CCN(C(=O)C2CCN(c3ccccc3[N+](=O)[O-])CC2)CC1. The van der Waals surface area contributed by atoms with Crippen LogP contribution < -0.4 is 10.2 Å². The van der Waals surface area contributed by atoms with Gasteiger partial charge in [0.2, 0.25) is 11.8 Å². The molecule has 1 N–H and O–H groups in total. The van der Waals surface area contributed by atoms with Crippen molar-refractivity contribution in [1.82, 2.24) is 15.1 Å². The number of hydrogen-bond donors (Lipinski definition) is 1. The number of amides is 2. The third-order valence-corrected chi connectivity index (χ3v) is 6.17. The number of piperidine rings is 1. The molecule has 2 aliphatic rings. The Labute approximate surface area is 183 Å². The summed E-state index contributed by atoms with van der Waals surface area (Å²) in [5.74, 6) is 0.188. The van der Waals surface area contributed by atoms with Crippen molar-refractivity contribution in [3.63, 3.8) is 0 Å². The van der Waals surface area contributed by atoms with Crippen molar-refractivity contribution in [2.24, 2.45) is 5.92 Å². The molecule has 3 rings (SSSR count). The maximum atomic E-state index is 13.0. The van der Waals surface area contributed by atoms with Crippen LogP contribution in [-0.4, -0.2) is 78.9 Å². The van der Waals surface area contributed by atoms with Gasteiger partial charge in [-0.05, 0) is 25.3 Å². The van der Waals surface area contributed by atoms with Gasteiger partial charge in [0.05, 0.1) is 11.5 Å². The lowest BCUT2D eigenvalue weighted by atomic mass is 9.94. The van der Waals surface area contributed by atoms with Crippen LogP contribution in [0.25, 0.3) is 0 Å². The molecule has 1 aromatic rings. The van der Waals surface area contributed by atoms with E-state index < -0.39 is 0 Å². The minimum Gasteiger partial charge on any atom is -0.366 e. The van der Waals surface area contributed by atoms with Crippen LogP contribution in [0.2, 0.25) is 0 Å². The van der Waals surface area contributed by atoms with Crippen molar-refractivity contribution in [1.29, 1.82) is 0 Å². The van der Waals surface area contributed by atoms with E-state index >= 15 is 0 Å². The quantitative estimate of drug-likeness (QED) is 0.383. The summed E-state index contributed by atoms with van der Waals surface area (Å²) in [6, 6.07) is 6.78. The number of carbonyl (C=O) groups is 2. The molecule has 0 spiro atoms. The summed E-state index contributed by atoms with van der Waals surface area (Å²) in [5, 5.41) is 14.2. The monoisotopic (exact) mass is 431 g/mol. The number of anilines is 1. The molecule has 0 radical (unpaired) electrons. The Morgan fingerprint density at radius 2 is 1.77 bits per heavy atom. The van der Waals surface area contributed by atoms with Crippen molar-refractivity contribution < 1.29 is 14.5 Å². The van der Waals surface area contributed by atoms with Gasteiger partial charge in [-0.3, -0.25) is 24.6 Å².